The lowest BCUT2D eigenvalue weighted by Gasteiger charge is -2.11. The predicted octanol–water partition coefficient (Wildman–Crippen LogP) is 2.92. The van der Waals surface area contributed by atoms with Crippen LogP contribution in [0.25, 0.3) is 0 Å². The van der Waals surface area contributed by atoms with Crippen molar-refractivity contribution in [1.29, 1.82) is 0 Å². The third kappa shape index (κ3) is 4.62. The summed E-state index contributed by atoms with van der Waals surface area (Å²) in [7, 11) is 4.02. The van der Waals surface area contributed by atoms with Gasteiger partial charge in [0.25, 0.3) is 0 Å². The second-order valence-corrected chi connectivity index (χ2v) is 4.43. The van der Waals surface area contributed by atoms with Gasteiger partial charge in [-0.05, 0) is 48.6 Å². The SMILES string of the molecule is CN(C)CCCOc1cc(F)ccc1Br. The van der Waals surface area contributed by atoms with Gasteiger partial charge in [0, 0.05) is 12.6 Å². The molecule has 0 N–H and O–H groups in total. The molecule has 0 aliphatic heterocycles. The number of hydrogen-bond donors (Lipinski definition) is 0. The van der Waals surface area contributed by atoms with E-state index in [4.69, 9.17) is 4.74 Å². The zero-order chi connectivity index (χ0) is 11.3. The molecule has 2 nitrogen and oxygen atoms in total. The predicted molar refractivity (Wildman–Crippen MR) is 62.8 cm³/mol. The molecule has 84 valence electrons. The number of hydrogen-bond acceptors (Lipinski definition) is 2. The van der Waals surface area contributed by atoms with Crippen molar-refractivity contribution in [1.82, 2.24) is 4.90 Å². The van der Waals surface area contributed by atoms with Crippen molar-refractivity contribution in [3.8, 4) is 5.75 Å². The fraction of sp³-hybridized carbons (Fsp3) is 0.455. The molecule has 0 atom stereocenters. The van der Waals surface area contributed by atoms with Crippen LogP contribution in [0, 0.1) is 5.82 Å². The Bertz CT molecular complexity index is 317. The first kappa shape index (κ1) is 12.5. The Labute approximate surface area is 98.2 Å². The smallest absolute Gasteiger partial charge is 0.136 e. The van der Waals surface area contributed by atoms with Crippen molar-refractivity contribution in [2.24, 2.45) is 0 Å². The highest BCUT2D eigenvalue weighted by Crippen LogP contribution is 2.25. The minimum atomic E-state index is -0.277. The Hall–Kier alpha value is -0.610. The molecule has 0 unspecified atom stereocenters. The van der Waals surface area contributed by atoms with Crippen molar-refractivity contribution in [2.45, 2.75) is 6.42 Å². The average molecular weight is 276 g/mol. The van der Waals surface area contributed by atoms with Crippen LogP contribution in [0.3, 0.4) is 0 Å². The van der Waals surface area contributed by atoms with E-state index in [1.54, 1.807) is 6.07 Å². The van der Waals surface area contributed by atoms with Crippen molar-refractivity contribution >= 4 is 15.9 Å². The first-order valence-electron chi connectivity index (χ1n) is 4.82. The number of halogens is 2. The number of benzene rings is 1. The molecule has 0 saturated carbocycles. The number of nitrogens with zero attached hydrogens (tertiary/aromatic N) is 1. The van der Waals surface area contributed by atoms with E-state index in [0.29, 0.717) is 12.4 Å². The van der Waals surface area contributed by atoms with Crippen LogP contribution in [0.15, 0.2) is 22.7 Å². The van der Waals surface area contributed by atoms with Crippen molar-refractivity contribution in [2.75, 3.05) is 27.2 Å². The average Bonchev–Trinajstić information content (AvgIpc) is 2.17. The Balaban J connectivity index is 2.40. The Morgan fingerprint density at radius 2 is 2.13 bits per heavy atom. The molecule has 15 heavy (non-hydrogen) atoms. The minimum absolute atomic E-state index is 0.277. The third-order valence-corrected chi connectivity index (χ3v) is 2.56. The lowest BCUT2D eigenvalue weighted by Crippen LogP contribution is -2.15. The molecule has 0 radical (unpaired) electrons. The summed E-state index contributed by atoms with van der Waals surface area (Å²) in [6, 6.07) is 4.44. The summed E-state index contributed by atoms with van der Waals surface area (Å²) < 4.78 is 19.1. The molecule has 4 heteroatoms. The van der Waals surface area contributed by atoms with Gasteiger partial charge in [-0.15, -0.1) is 0 Å². The zero-order valence-corrected chi connectivity index (χ0v) is 10.6. The normalized spacial score (nSPS) is 10.7. The Kier molecular flexibility index (Phi) is 5.05. The Morgan fingerprint density at radius 1 is 1.40 bits per heavy atom. The molecule has 1 aromatic rings. The van der Waals surface area contributed by atoms with E-state index in [9.17, 15) is 4.39 Å². The molecular weight excluding hydrogens is 261 g/mol. The second-order valence-electron chi connectivity index (χ2n) is 3.58. The van der Waals surface area contributed by atoms with Crippen molar-refractivity contribution in [3.05, 3.63) is 28.5 Å². The van der Waals surface area contributed by atoms with E-state index in [2.05, 4.69) is 20.8 Å². The molecule has 0 aliphatic rings. The third-order valence-electron chi connectivity index (χ3n) is 1.90. The van der Waals surface area contributed by atoms with Gasteiger partial charge >= 0.3 is 0 Å². The summed E-state index contributed by atoms with van der Waals surface area (Å²) in [6.45, 7) is 1.56. The maximum absolute atomic E-state index is 12.9. The monoisotopic (exact) mass is 275 g/mol. The topological polar surface area (TPSA) is 12.5 Å². The van der Waals surface area contributed by atoms with Gasteiger partial charge in [0.05, 0.1) is 11.1 Å². The van der Waals surface area contributed by atoms with Gasteiger partial charge in [-0.2, -0.15) is 0 Å². The van der Waals surface area contributed by atoms with Crippen LogP contribution < -0.4 is 4.74 Å². The Morgan fingerprint density at radius 3 is 2.80 bits per heavy atom. The summed E-state index contributed by atoms with van der Waals surface area (Å²) in [5.41, 5.74) is 0. The van der Waals surface area contributed by atoms with Gasteiger partial charge < -0.3 is 9.64 Å². The molecule has 0 aliphatic carbocycles. The molecule has 0 bridgehead atoms. The molecule has 0 fully saturated rings. The van der Waals surface area contributed by atoms with Gasteiger partial charge in [0.2, 0.25) is 0 Å². The molecule has 0 spiro atoms. The first-order valence-corrected chi connectivity index (χ1v) is 5.61. The maximum Gasteiger partial charge on any atom is 0.136 e. The van der Waals surface area contributed by atoms with Crippen LogP contribution in [0.2, 0.25) is 0 Å². The van der Waals surface area contributed by atoms with Crippen LogP contribution >= 0.6 is 15.9 Å². The summed E-state index contributed by atoms with van der Waals surface area (Å²) >= 11 is 3.31. The fourth-order valence-corrected chi connectivity index (χ4v) is 1.51. The fourth-order valence-electron chi connectivity index (χ4n) is 1.15. The summed E-state index contributed by atoms with van der Waals surface area (Å²) in [5.74, 6) is 0.287. The highest BCUT2D eigenvalue weighted by atomic mass is 79.9. The summed E-state index contributed by atoms with van der Waals surface area (Å²) in [5, 5.41) is 0. The van der Waals surface area contributed by atoms with E-state index in [-0.39, 0.29) is 5.82 Å². The molecule has 0 aromatic heterocycles. The van der Waals surface area contributed by atoms with E-state index in [1.807, 2.05) is 14.1 Å². The van der Waals surface area contributed by atoms with Crippen molar-refractivity contribution in [3.63, 3.8) is 0 Å². The van der Waals surface area contributed by atoms with Crippen LogP contribution in [0.1, 0.15) is 6.42 Å². The quantitative estimate of drug-likeness (QED) is 0.767. The highest BCUT2D eigenvalue weighted by molar-refractivity contribution is 9.10. The molecule has 0 saturated heterocycles. The van der Waals surface area contributed by atoms with Crippen LogP contribution in [0.5, 0.6) is 5.75 Å². The van der Waals surface area contributed by atoms with Gasteiger partial charge in [-0.25, -0.2) is 4.39 Å². The van der Waals surface area contributed by atoms with Gasteiger partial charge in [-0.3, -0.25) is 0 Å². The molecular formula is C11H15BrFNO. The number of ether oxygens (including phenoxy) is 1. The summed E-state index contributed by atoms with van der Waals surface area (Å²) in [6.07, 6.45) is 0.927. The van der Waals surface area contributed by atoms with E-state index in [1.165, 1.54) is 12.1 Å². The first-order chi connectivity index (χ1) is 7.09. The molecule has 1 rings (SSSR count). The van der Waals surface area contributed by atoms with E-state index < -0.39 is 0 Å². The second kappa shape index (κ2) is 6.08. The van der Waals surface area contributed by atoms with Crippen LogP contribution in [-0.4, -0.2) is 32.1 Å². The lowest BCUT2D eigenvalue weighted by atomic mass is 10.3. The number of rotatable bonds is 5. The van der Waals surface area contributed by atoms with Gasteiger partial charge in [-0.1, -0.05) is 0 Å². The van der Waals surface area contributed by atoms with Crippen LogP contribution in [0.4, 0.5) is 4.39 Å². The van der Waals surface area contributed by atoms with E-state index in [0.717, 1.165) is 17.4 Å². The minimum Gasteiger partial charge on any atom is -0.492 e. The zero-order valence-electron chi connectivity index (χ0n) is 8.96. The van der Waals surface area contributed by atoms with Gasteiger partial charge in [0.1, 0.15) is 11.6 Å². The lowest BCUT2D eigenvalue weighted by molar-refractivity contribution is 0.279. The van der Waals surface area contributed by atoms with Crippen LogP contribution in [-0.2, 0) is 0 Å². The molecule has 0 heterocycles. The standard InChI is InChI=1S/C11H15BrFNO/c1-14(2)6-3-7-15-11-8-9(13)4-5-10(11)12/h4-5,8H,3,6-7H2,1-2H3. The molecule has 0 amide bonds. The molecule has 1 aromatic carbocycles. The maximum atomic E-state index is 12.9. The van der Waals surface area contributed by atoms with Gasteiger partial charge in [0.15, 0.2) is 0 Å². The van der Waals surface area contributed by atoms with E-state index >= 15 is 0 Å². The highest BCUT2D eigenvalue weighted by Gasteiger charge is 2.02. The largest absolute Gasteiger partial charge is 0.492 e. The van der Waals surface area contributed by atoms with Crippen molar-refractivity contribution < 1.29 is 9.13 Å². The summed E-state index contributed by atoms with van der Waals surface area (Å²) in [4.78, 5) is 2.09.